The summed E-state index contributed by atoms with van der Waals surface area (Å²) in [6.07, 6.45) is 0. The van der Waals surface area contributed by atoms with Gasteiger partial charge in [0.2, 0.25) is 5.91 Å². The highest BCUT2D eigenvalue weighted by Crippen LogP contribution is 2.32. The predicted molar refractivity (Wildman–Crippen MR) is 143 cm³/mol. The largest absolute Gasteiger partial charge is 0.496 e. The Morgan fingerprint density at radius 1 is 0.971 bits per heavy atom. The van der Waals surface area contributed by atoms with Crippen molar-refractivity contribution in [3.63, 3.8) is 0 Å². The van der Waals surface area contributed by atoms with Gasteiger partial charge in [0.25, 0.3) is 5.91 Å². The number of methoxy groups -OCH3 is 2. The molecule has 0 aliphatic rings. The van der Waals surface area contributed by atoms with Crippen molar-refractivity contribution >= 4 is 57.1 Å². The molecule has 0 spiro atoms. The van der Waals surface area contributed by atoms with Crippen LogP contribution in [0.2, 0.25) is 0 Å². The average Bonchev–Trinajstić information content (AvgIpc) is 3.56. The number of aromatic nitrogens is 1. The Hall–Kier alpha value is -3.34. The van der Waals surface area contributed by atoms with E-state index in [2.05, 4.69) is 15.6 Å². The number of thioether (sulfide) groups is 1. The standard InChI is InChI=1S/C25H23N3O4S3/c1-15(23(29)28-25-27-18(14-34-25)21-11-6-12-33-21)35-17-8-4-7-16(13-17)26-24(30)22-19(31-2)9-5-10-20(22)32-3/h4-15H,1-3H3,(H,26,30)(H,27,28,29). The molecule has 0 saturated heterocycles. The molecule has 0 radical (unpaired) electrons. The number of hydrogen-bond acceptors (Lipinski definition) is 8. The van der Waals surface area contributed by atoms with Crippen molar-refractivity contribution in [2.45, 2.75) is 17.1 Å². The van der Waals surface area contributed by atoms with E-state index in [0.29, 0.717) is 27.9 Å². The van der Waals surface area contributed by atoms with E-state index in [1.165, 1.54) is 37.3 Å². The van der Waals surface area contributed by atoms with Crippen LogP contribution in [0.1, 0.15) is 17.3 Å². The molecule has 0 bridgehead atoms. The van der Waals surface area contributed by atoms with Gasteiger partial charge >= 0.3 is 0 Å². The van der Waals surface area contributed by atoms with Crippen LogP contribution in [-0.2, 0) is 4.79 Å². The van der Waals surface area contributed by atoms with Crippen molar-refractivity contribution in [3.8, 4) is 22.1 Å². The maximum atomic E-state index is 13.0. The molecule has 180 valence electrons. The fourth-order valence-electron chi connectivity index (χ4n) is 3.25. The molecule has 1 unspecified atom stereocenters. The lowest BCUT2D eigenvalue weighted by Crippen LogP contribution is -2.22. The Balaban J connectivity index is 1.40. The number of thiophene rings is 1. The number of thiazole rings is 1. The van der Waals surface area contributed by atoms with Crippen LogP contribution in [0.25, 0.3) is 10.6 Å². The van der Waals surface area contributed by atoms with Crippen LogP contribution < -0.4 is 20.1 Å². The van der Waals surface area contributed by atoms with E-state index in [-0.39, 0.29) is 17.1 Å². The van der Waals surface area contributed by atoms with Gasteiger partial charge in [0.05, 0.1) is 30.0 Å². The quantitative estimate of drug-likeness (QED) is 0.251. The molecule has 4 rings (SSSR count). The number of benzene rings is 2. The lowest BCUT2D eigenvalue weighted by Gasteiger charge is -2.14. The fraction of sp³-hybridized carbons (Fsp3) is 0.160. The molecule has 0 fully saturated rings. The number of hydrogen-bond donors (Lipinski definition) is 2. The maximum Gasteiger partial charge on any atom is 0.263 e. The van der Waals surface area contributed by atoms with Crippen LogP contribution in [0.15, 0.2) is 70.3 Å². The Labute approximate surface area is 215 Å². The van der Waals surface area contributed by atoms with Crippen LogP contribution in [-0.4, -0.2) is 36.3 Å². The second-order valence-electron chi connectivity index (χ2n) is 7.28. The van der Waals surface area contributed by atoms with Gasteiger partial charge in [0.1, 0.15) is 17.1 Å². The number of carbonyl (C=O) groups excluding carboxylic acids is 2. The lowest BCUT2D eigenvalue weighted by atomic mass is 10.1. The number of nitrogens with one attached hydrogen (secondary N) is 2. The Morgan fingerprint density at radius 3 is 2.40 bits per heavy atom. The third kappa shape index (κ3) is 6.02. The fourth-order valence-corrected chi connectivity index (χ4v) is 5.65. The number of carbonyl (C=O) groups is 2. The van der Waals surface area contributed by atoms with Crippen LogP contribution in [0.3, 0.4) is 0 Å². The third-order valence-electron chi connectivity index (χ3n) is 4.94. The molecule has 4 aromatic rings. The van der Waals surface area contributed by atoms with Crippen molar-refractivity contribution in [2.75, 3.05) is 24.9 Å². The molecule has 7 nitrogen and oxygen atoms in total. The number of nitrogens with zero attached hydrogens (tertiary/aromatic N) is 1. The minimum absolute atomic E-state index is 0.143. The predicted octanol–water partition coefficient (Wildman–Crippen LogP) is 6.26. The first-order chi connectivity index (χ1) is 17.0. The normalized spacial score (nSPS) is 11.5. The zero-order valence-corrected chi connectivity index (χ0v) is 21.7. The van der Waals surface area contributed by atoms with Gasteiger partial charge in [-0.3, -0.25) is 9.59 Å². The van der Waals surface area contributed by atoms with Crippen LogP contribution >= 0.6 is 34.4 Å². The van der Waals surface area contributed by atoms with Crippen molar-refractivity contribution < 1.29 is 19.1 Å². The van der Waals surface area contributed by atoms with Gasteiger partial charge in [-0.25, -0.2) is 4.98 Å². The first-order valence-corrected chi connectivity index (χ1v) is 13.2. The summed E-state index contributed by atoms with van der Waals surface area (Å²) in [6, 6.07) is 16.5. The molecule has 0 aliphatic heterocycles. The SMILES string of the molecule is COc1cccc(OC)c1C(=O)Nc1cccc(SC(C)C(=O)Nc2nc(-c3cccs3)cs2)c1. The summed E-state index contributed by atoms with van der Waals surface area (Å²) in [5, 5.41) is 9.90. The summed E-state index contributed by atoms with van der Waals surface area (Å²) < 4.78 is 10.7. The van der Waals surface area contributed by atoms with E-state index >= 15 is 0 Å². The highest BCUT2D eigenvalue weighted by Gasteiger charge is 2.20. The number of anilines is 2. The molecule has 2 aromatic carbocycles. The van der Waals surface area contributed by atoms with Crippen molar-refractivity contribution in [2.24, 2.45) is 0 Å². The Bertz CT molecular complexity index is 1300. The summed E-state index contributed by atoms with van der Waals surface area (Å²) in [5.74, 6) is 0.344. The monoisotopic (exact) mass is 525 g/mol. The minimum Gasteiger partial charge on any atom is -0.496 e. The van der Waals surface area contributed by atoms with Crippen molar-refractivity contribution in [1.29, 1.82) is 0 Å². The third-order valence-corrected chi connectivity index (χ3v) is 7.68. The molecule has 2 aromatic heterocycles. The molecular formula is C25H23N3O4S3. The van der Waals surface area contributed by atoms with Gasteiger partial charge in [0.15, 0.2) is 5.13 Å². The van der Waals surface area contributed by atoms with Gasteiger partial charge in [0, 0.05) is 16.0 Å². The summed E-state index contributed by atoms with van der Waals surface area (Å²) in [4.78, 5) is 32.1. The molecule has 0 aliphatic carbocycles. The zero-order valence-electron chi connectivity index (χ0n) is 19.2. The molecule has 35 heavy (non-hydrogen) atoms. The van der Waals surface area contributed by atoms with Crippen LogP contribution in [0.5, 0.6) is 11.5 Å². The number of amides is 2. The number of ether oxygens (including phenoxy) is 2. The summed E-state index contributed by atoms with van der Waals surface area (Å²) in [6.45, 7) is 1.83. The minimum atomic E-state index is -0.371. The average molecular weight is 526 g/mol. The second kappa shape index (κ2) is 11.4. The van der Waals surface area contributed by atoms with Crippen molar-refractivity contribution in [3.05, 3.63) is 70.9 Å². The Kier molecular flexibility index (Phi) is 8.06. The van der Waals surface area contributed by atoms with Crippen LogP contribution in [0.4, 0.5) is 10.8 Å². The first kappa shape index (κ1) is 24.8. The van der Waals surface area contributed by atoms with E-state index in [0.717, 1.165) is 15.5 Å². The van der Waals surface area contributed by atoms with E-state index in [9.17, 15) is 9.59 Å². The van der Waals surface area contributed by atoms with E-state index in [1.54, 1.807) is 35.6 Å². The summed E-state index contributed by atoms with van der Waals surface area (Å²) in [7, 11) is 3.01. The van der Waals surface area contributed by atoms with Gasteiger partial charge in [-0.05, 0) is 48.7 Å². The van der Waals surface area contributed by atoms with Gasteiger partial charge in [-0.1, -0.05) is 18.2 Å². The Morgan fingerprint density at radius 2 is 1.71 bits per heavy atom. The zero-order chi connectivity index (χ0) is 24.8. The summed E-state index contributed by atoms with van der Waals surface area (Å²) >= 11 is 4.40. The highest BCUT2D eigenvalue weighted by atomic mass is 32.2. The van der Waals surface area contributed by atoms with E-state index < -0.39 is 0 Å². The summed E-state index contributed by atoms with van der Waals surface area (Å²) in [5.41, 5.74) is 1.77. The molecule has 2 heterocycles. The van der Waals surface area contributed by atoms with Crippen LogP contribution in [0, 0.1) is 0 Å². The molecule has 0 saturated carbocycles. The highest BCUT2D eigenvalue weighted by molar-refractivity contribution is 8.00. The van der Waals surface area contributed by atoms with Crippen molar-refractivity contribution in [1.82, 2.24) is 4.98 Å². The van der Waals surface area contributed by atoms with E-state index in [4.69, 9.17) is 9.47 Å². The molecule has 2 amide bonds. The van der Waals surface area contributed by atoms with Gasteiger partial charge in [-0.15, -0.1) is 34.4 Å². The number of rotatable bonds is 9. The molecule has 2 N–H and O–H groups in total. The van der Waals surface area contributed by atoms with Gasteiger partial charge < -0.3 is 20.1 Å². The first-order valence-electron chi connectivity index (χ1n) is 10.6. The topological polar surface area (TPSA) is 89.5 Å². The van der Waals surface area contributed by atoms with E-state index in [1.807, 2.05) is 48.0 Å². The smallest absolute Gasteiger partial charge is 0.263 e. The molecule has 1 atom stereocenters. The molecule has 10 heteroatoms. The molecular weight excluding hydrogens is 502 g/mol. The lowest BCUT2D eigenvalue weighted by molar-refractivity contribution is -0.115. The maximum absolute atomic E-state index is 13.0. The van der Waals surface area contributed by atoms with Gasteiger partial charge in [-0.2, -0.15) is 0 Å². The second-order valence-corrected chi connectivity index (χ2v) is 10.5.